The highest BCUT2D eigenvalue weighted by Crippen LogP contribution is 2.13. The van der Waals surface area contributed by atoms with Crippen LogP contribution in [-0.2, 0) is 13.1 Å². The van der Waals surface area contributed by atoms with Crippen LogP contribution in [0.25, 0.3) is 0 Å². The van der Waals surface area contributed by atoms with E-state index in [-0.39, 0.29) is 0 Å². The largest absolute Gasteiger partial charge is 0.444 e. The van der Waals surface area contributed by atoms with Crippen molar-refractivity contribution in [1.82, 2.24) is 25.0 Å². The van der Waals surface area contributed by atoms with Crippen LogP contribution >= 0.6 is 0 Å². The number of rotatable bonds is 4. The number of hydrogen-bond donors (Lipinski definition) is 1. The normalized spacial score (nSPS) is 17.7. The molecular weight excluding hydrogens is 254 g/mol. The molecule has 1 aliphatic heterocycles. The minimum atomic E-state index is 0.812. The van der Waals surface area contributed by atoms with Gasteiger partial charge in [0.05, 0.1) is 12.2 Å². The van der Waals surface area contributed by atoms with Gasteiger partial charge in [-0.3, -0.25) is 14.9 Å². The maximum Gasteiger partial charge on any atom is 0.208 e. The molecule has 0 bridgehead atoms. The fourth-order valence-corrected chi connectivity index (χ4v) is 2.52. The summed E-state index contributed by atoms with van der Waals surface area (Å²) in [7, 11) is 0. The van der Waals surface area contributed by atoms with Gasteiger partial charge in [-0.1, -0.05) is 0 Å². The van der Waals surface area contributed by atoms with E-state index < -0.39 is 0 Å². The quantitative estimate of drug-likeness (QED) is 0.912. The first-order valence-electron chi connectivity index (χ1n) is 7.06. The summed E-state index contributed by atoms with van der Waals surface area (Å²) in [5.74, 6) is 1.76. The molecule has 3 heterocycles. The zero-order chi connectivity index (χ0) is 13.9. The van der Waals surface area contributed by atoms with Crippen LogP contribution in [0.15, 0.2) is 16.7 Å². The lowest BCUT2D eigenvalue weighted by Crippen LogP contribution is -2.45. The summed E-state index contributed by atoms with van der Waals surface area (Å²) in [6.07, 6.45) is 1.80. The number of aromatic nitrogens is 3. The van der Waals surface area contributed by atoms with Gasteiger partial charge in [-0.25, -0.2) is 4.98 Å². The van der Waals surface area contributed by atoms with Crippen LogP contribution in [0.2, 0.25) is 0 Å². The molecule has 0 unspecified atom stereocenters. The summed E-state index contributed by atoms with van der Waals surface area (Å²) >= 11 is 0. The molecule has 2 aromatic rings. The van der Waals surface area contributed by atoms with Gasteiger partial charge in [0, 0.05) is 44.6 Å². The molecule has 6 heteroatoms. The van der Waals surface area contributed by atoms with Crippen molar-refractivity contribution >= 4 is 0 Å². The van der Waals surface area contributed by atoms with E-state index in [9.17, 15) is 0 Å². The van der Waals surface area contributed by atoms with Gasteiger partial charge in [0.15, 0.2) is 0 Å². The Morgan fingerprint density at radius 2 is 1.85 bits per heavy atom. The number of hydrogen-bond acceptors (Lipinski definition) is 5. The molecule has 0 amide bonds. The minimum Gasteiger partial charge on any atom is -0.444 e. The van der Waals surface area contributed by atoms with Gasteiger partial charge in [-0.15, -0.1) is 0 Å². The molecule has 1 aliphatic rings. The lowest BCUT2D eigenvalue weighted by molar-refractivity contribution is 0.113. The maximum absolute atomic E-state index is 5.65. The van der Waals surface area contributed by atoms with Crippen LogP contribution in [0.5, 0.6) is 0 Å². The topological polar surface area (TPSA) is 61.2 Å². The summed E-state index contributed by atoms with van der Waals surface area (Å²) in [6, 6.07) is 2.03. The summed E-state index contributed by atoms with van der Waals surface area (Å²) in [5.41, 5.74) is 2.18. The molecule has 0 aliphatic carbocycles. The standard InChI is InChI=1S/C14H21N5O/c1-11-12(2)20-14(16-11)10-19-7-5-18(6-8-19)9-13-3-4-15-17-13/h3-4H,5-10H2,1-2H3,(H,15,17). The van der Waals surface area contributed by atoms with E-state index in [1.54, 1.807) is 6.20 Å². The molecule has 0 aromatic carbocycles. The number of H-pyrrole nitrogens is 1. The Kier molecular flexibility index (Phi) is 3.84. The second-order valence-electron chi connectivity index (χ2n) is 5.38. The first kappa shape index (κ1) is 13.3. The Hall–Kier alpha value is -1.66. The highest BCUT2D eigenvalue weighted by Gasteiger charge is 2.19. The van der Waals surface area contributed by atoms with Gasteiger partial charge in [0.2, 0.25) is 5.89 Å². The van der Waals surface area contributed by atoms with Crippen LogP contribution in [0.1, 0.15) is 23.0 Å². The number of piperazine rings is 1. The lowest BCUT2D eigenvalue weighted by atomic mass is 10.3. The Labute approximate surface area is 118 Å². The molecule has 3 rings (SSSR count). The van der Waals surface area contributed by atoms with Crippen LogP contribution in [-0.4, -0.2) is 51.2 Å². The highest BCUT2D eigenvalue weighted by molar-refractivity contribution is 5.05. The fourth-order valence-electron chi connectivity index (χ4n) is 2.52. The van der Waals surface area contributed by atoms with Gasteiger partial charge < -0.3 is 4.42 Å². The molecular formula is C14H21N5O. The average molecular weight is 275 g/mol. The Balaban J connectivity index is 1.48. The molecule has 1 fully saturated rings. The summed E-state index contributed by atoms with van der Waals surface area (Å²) in [5, 5.41) is 7.00. The van der Waals surface area contributed by atoms with Gasteiger partial charge in [0.1, 0.15) is 5.76 Å². The van der Waals surface area contributed by atoms with Crippen molar-refractivity contribution in [3.05, 3.63) is 35.3 Å². The molecule has 20 heavy (non-hydrogen) atoms. The van der Waals surface area contributed by atoms with Gasteiger partial charge >= 0.3 is 0 Å². The molecule has 2 aromatic heterocycles. The monoisotopic (exact) mass is 275 g/mol. The van der Waals surface area contributed by atoms with Crippen molar-refractivity contribution in [3.8, 4) is 0 Å². The third-order valence-corrected chi connectivity index (χ3v) is 3.85. The molecule has 1 N–H and O–H groups in total. The van der Waals surface area contributed by atoms with E-state index in [2.05, 4.69) is 25.0 Å². The van der Waals surface area contributed by atoms with Crippen molar-refractivity contribution < 1.29 is 4.42 Å². The van der Waals surface area contributed by atoms with Crippen molar-refractivity contribution in [3.63, 3.8) is 0 Å². The van der Waals surface area contributed by atoms with E-state index in [4.69, 9.17) is 4.42 Å². The SMILES string of the molecule is Cc1nc(CN2CCN(Cc3ccn[nH]3)CC2)oc1C. The Bertz CT molecular complexity index is 520. The van der Waals surface area contributed by atoms with E-state index in [1.165, 1.54) is 5.69 Å². The van der Waals surface area contributed by atoms with Gasteiger partial charge in [-0.2, -0.15) is 5.10 Å². The van der Waals surface area contributed by atoms with Gasteiger partial charge in [0.25, 0.3) is 0 Å². The second kappa shape index (κ2) is 5.76. The Morgan fingerprint density at radius 3 is 2.40 bits per heavy atom. The first-order chi connectivity index (χ1) is 9.70. The van der Waals surface area contributed by atoms with Crippen LogP contribution in [0, 0.1) is 13.8 Å². The van der Waals surface area contributed by atoms with E-state index in [0.717, 1.165) is 56.6 Å². The van der Waals surface area contributed by atoms with Gasteiger partial charge in [-0.05, 0) is 19.9 Å². The number of nitrogens with one attached hydrogen (secondary N) is 1. The third kappa shape index (κ3) is 3.08. The zero-order valence-electron chi connectivity index (χ0n) is 12.1. The van der Waals surface area contributed by atoms with Crippen molar-refractivity contribution in [2.45, 2.75) is 26.9 Å². The van der Waals surface area contributed by atoms with E-state index in [0.29, 0.717) is 0 Å². The lowest BCUT2D eigenvalue weighted by Gasteiger charge is -2.33. The second-order valence-corrected chi connectivity index (χ2v) is 5.38. The molecule has 0 radical (unpaired) electrons. The van der Waals surface area contributed by atoms with E-state index in [1.807, 2.05) is 19.9 Å². The summed E-state index contributed by atoms with van der Waals surface area (Å²) < 4.78 is 5.65. The third-order valence-electron chi connectivity index (χ3n) is 3.85. The highest BCUT2D eigenvalue weighted by atomic mass is 16.4. The number of nitrogens with zero attached hydrogens (tertiary/aromatic N) is 4. The number of aryl methyl sites for hydroxylation is 2. The minimum absolute atomic E-state index is 0.812. The molecule has 0 atom stereocenters. The van der Waals surface area contributed by atoms with Crippen LogP contribution < -0.4 is 0 Å². The molecule has 0 spiro atoms. The average Bonchev–Trinajstić information content (AvgIpc) is 3.03. The first-order valence-corrected chi connectivity index (χ1v) is 7.06. The predicted molar refractivity (Wildman–Crippen MR) is 75.1 cm³/mol. The maximum atomic E-state index is 5.65. The number of aromatic amines is 1. The number of oxazole rings is 1. The van der Waals surface area contributed by atoms with E-state index >= 15 is 0 Å². The predicted octanol–water partition coefficient (Wildman–Crippen LogP) is 1.33. The molecule has 0 saturated carbocycles. The Morgan fingerprint density at radius 1 is 1.15 bits per heavy atom. The molecule has 108 valence electrons. The van der Waals surface area contributed by atoms with Crippen LogP contribution in [0.3, 0.4) is 0 Å². The summed E-state index contributed by atoms with van der Waals surface area (Å²) in [4.78, 5) is 9.29. The molecule has 6 nitrogen and oxygen atoms in total. The smallest absolute Gasteiger partial charge is 0.208 e. The zero-order valence-corrected chi connectivity index (χ0v) is 12.1. The van der Waals surface area contributed by atoms with Crippen molar-refractivity contribution in [2.24, 2.45) is 0 Å². The fraction of sp³-hybridized carbons (Fsp3) is 0.571. The van der Waals surface area contributed by atoms with Crippen LogP contribution in [0.4, 0.5) is 0 Å². The van der Waals surface area contributed by atoms with Crippen molar-refractivity contribution in [2.75, 3.05) is 26.2 Å². The summed E-state index contributed by atoms with van der Waals surface area (Å²) in [6.45, 7) is 9.95. The molecule has 1 saturated heterocycles. The van der Waals surface area contributed by atoms with Crippen molar-refractivity contribution in [1.29, 1.82) is 0 Å².